The zero-order valence-corrected chi connectivity index (χ0v) is 10.0. The first-order chi connectivity index (χ1) is 8.33. The van der Waals surface area contributed by atoms with Gasteiger partial charge in [-0.05, 0) is 43.0 Å². The highest BCUT2D eigenvalue weighted by Crippen LogP contribution is 2.24. The fourth-order valence-electron chi connectivity index (χ4n) is 2.65. The predicted molar refractivity (Wildman–Crippen MR) is 67.9 cm³/mol. The molecule has 1 aromatic heterocycles. The molecule has 1 aliphatic carbocycles. The highest BCUT2D eigenvalue weighted by atomic mass is 16.3. The Labute approximate surface area is 102 Å². The average Bonchev–Trinajstić information content (AvgIpc) is 2.97. The van der Waals surface area contributed by atoms with Crippen LogP contribution >= 0.6 is 0 Å². The van der Waals surface area contributed by atoms with Crippen molar-refractivity contribution in [1.82, 2.24) is 5.32 Å². The maximum absolute atomic E-state index is 5.42. The van der Waals surface area contributed by atoms with E-state index in [-0.39, 0.29) is 6.04 Å². The molecule has 0 amide bonds. The molecule has 1 aromatic carbocycles. The Bertz CT molecular complexity index is 464. The van der Waals surface area contributed by atoms with Crippen LogP contribution in [-0.2, 0) is 12.8 Å². The fourth-order valence-corrected chi connectivity index (χ4v) is 2.65. The normalized spacial score (nSPS) is 17.0. The number of rotatable bonds is 3. The third-order valence-corrected chi connectivity index (χ3v) is 3.51. The summed E-state index contributed by atoms with van der Waals surface area (Å²) >= 11 is 0. The van der Waals surface area contributed by atoms with Gasteiger partial charge in [-0.25, -0.2) is 0 Å². The molecule has 3 rings (SSSR count). The Balaban J connectivity index is 1.66. The Morgan fingerprint density at radius 2 is 1.82 bits per heavy atom. The maximum Gasteiger partial charge on any atom is 0.120 e. The zero-order valence-electron chi connectivity index (χ0n) is 10.0. The van der Waals surface area contributed by atoms with E-state index in [4.69, 9.17) is 4.42 Å². The van der Waals surface area contributed by atoms with Crippen LogP contribution in [-0.4, -0.2) is 6.04 Å². The molecule has 1 atom stereocenters. The minimum Gasteiger partial charge on any atom is -0.468 e. The van der Waals surface area contributed by atoms with E-state index >= 15 is 0 Å². The molecule has 88 valence electrons. The highest BCUT2D eigenvalue weighted by Gasteiger charge is 2.22. The number of fused-ring (bicyclic) bond motifs is 1. The predicted octanol–water partition coefficient (Wildman–Crippen LogP) is 3.10. The van der Waals surface area contributed by atoms with Crippen LogP contribution in [0.2, 0.25) is 0 Å². The molecule has 1 N–H and O–H groups in total. The van der Waals surface area contributed by atoms with Crippen LogP contribution < -0.4 is 5.32 Å². The van der Waals surface area contributed by atoms with Gasteiger partial charge in [0.25, 0.3) is 0 Å². The third kappa shape index (κ3) is 2.13. The lowest BCUT2D eigenvalue weighted by Gasteiger charge is -2.17. The van der Waals surface area contributed by atoms with E-state index in [2.05, 4.69) is 36.5 Å². The summed E-state index contributed by atoms with van der Waals surface area (Å²) in [6.45, 7) is 2.15. The van der Waals surface area contributed by atoms with E-state index in [0.717, 1.165) is 18.6 Å². The standard InChI is InChI=1S/C15H17NO/c1-11(15-7-4-8-17-15)16-14-9-12-5-2-3-6-13(12)10-14/h2-8,11,14,16H,9-10H2,1H3/t11-/m0/s1. The molecular formula is C15H17NO. The molecule has 2 heteroatoms. The SMILES string of the molecule is C[C@H](NC1Cc2ccccc2C1)c1ccco1. The van der Waals surface area contributed by atoms with Gasteiger partial charge in [0, 0.05) is 6.04 Å². The van der Waals surface area contributed by atoms with Gasteiger partial charge in [0.1, 0.15) is 5.76 Å². The molecule has 2 nitrogen and oxygen atoms in total. The van der Waals surface area contributed by atoms with E-state index in [0.29, 0.717) is 6.04 Å². The first-order valence-electron chi connectivity index (χ1n) is 6.19. The lowest BCUT2D eigenvalue weighted by Crippen LogP contribution is -2.31. The second-order valence-corrected chi connectivity index (χ2v) is 4.78. The van der Waals surface area contributed by atoms with Crippen molar-refractivity contribution in [2.75, 3.05) is 0 Å². The molecule has 0 radical (unpaired) electrons. The lowest BCUT2D eigenvalue weighted by molar-refractivity contribution is 0.392. The zero-order chi connectivity index (χ0) is 11.7. The van der Waals surface area contributed by atoms with Crippen LogP contribution in [0, 0.1) is 0 Å². The number of benzene rings is 1. The first kappa shape index (κ1) is 10.6. The molecule has 2 aromatic rings. The van der Waals surface area contributed by atoms with E-state index in [1.54, 1.807) is 6.26 Å². The molecule has 0 aliphatic heterocycles. The van der Waals surface area contributed by atoms with Gasteiger partial charge in [-0.1, -0.05) is 24.3 Å². The van der Waals surface area contributed by atoms with Gasteiger partial charge in [-0.15, -0.1) is 0 Å². The fraction of sp³-hybridized carbons (Fsp3) is 0.333. The number of nitrogens with one attached hydrogen (secondary N) is 1. The van der Waals surface area contributed by atoms with Crippen molar-refractivity contribution in [3.8, 4) is 0 Å². The maximum atomic E-state index is 5.42. The van der Waals surface area contributed by atoms with Gasteiger partial charge >= 0.3 is 0 Å². The summed E-state index contributed by atoms with van der Waals surface area (Å²) in [5.41, 5.74) is 2.97. The minimum atomic E-state index is 0.282. The summed E-state index contributed by atoms with van der Waals surface area (Å²) in [6.07, 6.45) is 3.99. The molecule has 1 heterocycles. The molecule has 0 spiro atoms. The molecule has 0 saturated heterocycles. The van der Waals surface area contributed by atoms with Crippen LogP contribution in [0.1, 0.15) is 29.9 Å². The Morgan fingerprint density at radius 3 is 2.41 bits per heavy atom. The summed E-state index contributed by atoms with van der Waals surface area (Å²) in [6, 6.07) is 13.5. The highest BCUT2D eigenvalue weighted by molar-refractivity contribution is 5.33. The molecule has 0 saturated carbocycles. The lowest BCUT2D eigenvalue weighted by atomic mass is 10.1. The van der Waals surface area contributed by atoms with E-state index < -0.39 is 0 Å². The van der Waals surface area contributed by atoms with Crippen LogP contribution in [0.5, 0.6) is 0 Å². The Hall–Kier alpha value is -1.54. The van der Waals surface area contributed by atoms with E-state index in [1.165, 1.54) is 11.1 Å². The summed E-state index contributed by atoms with van der Waals surface area (Å²) < 4.78 is 5.42. The van der Waals surface area contributed by atoms with Crippen molar-refractivity contribution in [3.05, 3.63) is 59.5 Å². The van der Waals surface area contributed by atoms with Crippen molar-refractivity contribution >= 4 is 0 Å². The molecular weight excluding hydrogens is 210 g/mol. The largest absolute Gasteiger partial charge is 0.468 e. The Morgan fingerprint density at radius 1 is 1.12 bits per heavy atom. The number of hydrogen-bond acceptors (Lipinski definition) is 2. The van der Waals surface area contributed by atoms with Gasteiger partial charge in [0.05, 0.1) is 12.3 Å². The van der Waals surface area contributed by atoms with Crippen molar-refractivity contribution in [1.29, 1.82) is 0 Å². The van der Waals surface area contributed by atoms with Crippen LogP contribution in [0.3, 0.4) is 0 Å². The van der Waals surface area contributed by atoms with Crippen molar-refractivity contribution < 1.29 is 4.42 Å². The summed E-state index contributed by atoms with van der Waals surface area (Å²) in [5, 5.41) is 3.63. The monoisotopic (exact) mass is 227 g/mol. The second kappa shape index (κ2) is 4.38. The quantitative estimate of drug-likeness (QED) is 0.871. The topological polar surface area (TPSA) is 25.2 Å². The van der Waals surface area contributed by atoms with Gasteiger partial charge in [-0.3, -0.25) is 0 Å². The molecule has 0 unspecified atom stereocenters. The number of furan rings is 1. The third-order valence-electron chi connectivity index (χ3n) is 3.51. The molecule has 0 bridgehead atoms. The summed E-state index contributed by atoms with van der Waals surface area (Å²) in [5.74, 6) is 1.01. The van der Waals surface area contributed by atoms with E-state index in [9.17, 15) is 0 Å². The van der Waals surface area contributed by atoms with Crippen molar-refractivity contribution in [2.24, 2.45) is 0 Å². The minimum absolute atomic E-state index is 0.282. The van der Waals surface area contributed by atoms with Crippen molar-refractivity contribution in [2.45, 2.75) is 31.8 Å². The van der Waals surface area contributed by atoms with Gasteiger partial charge in [0.2, 0.25) is 0 Å². The molecule has 0 fully saturated rings. The van der Waals surface area contributed by atoms with Gasteiger partial charge in [0.15, 0.2) is 0 Å². The van der Waals surface area contributed by atoms with Gasteiger partial charge in [-0.2, -0.15) is 0 Å². The second-order valence-electron chi connectivity index (χ2n) is 4.78. The van der Waals surface area contributed by atoms with Crippen LogP contribution in [0.15, 0.2) is 47.1 Å². The van der Waals surface area contributed by atoms with Crippen LogP contribution in [0.25, 0.3) is 0 Å². The smallest absolute Gasteiger partial charge is 0.120 e. The average molecular weight is 227 g/mol. The van der Waals surface area contributed by atoms with E-state index in [1.807, 2.05) is 12.1 Å². The Kier molecular flexibility index (Phi) is 2.73. The van der Waals surface area contributed by atoms with Gasteiger partial charge < -0.3 is 9.73 Å². The first-order valence-corrected chi connectivity index (χ1v) is 6.19. The summed E-state index contributed by atoms with van der Waals surface area (Å²) in [4.78, 5) is 0. The summed E-state index contributed by atoms with van der Waals surface area (Å²) in [7, 11) is 0. The molecule has 1 aliphatic rings. The van der Waals surface area contributed by atoms with Crippen molar-refractivity contribution in [3.63, 3.8) is 0 Å². The molecule has 17 heavy (non-hydrogen) atoms. The number of hydrogen-bond donors (Lipinski definition) is 1. The van der Waals surface area contributed by atoms with Crippen LogP contribution in [0.4, 0.5) is 0 Å².